The average molecular weight is 205 g/mol. The Kier molecular flexibility index (Phi) is 3.39. The highest BCUT2D eigenvalue weighted by Gasteiger charge is 2.33. The van der Waals surface area contributed by atoms with Gasteiger partial charge in [0.25, 0.3) is 0 Å². The summed E-state index contributed by atoms with van der Waals surface area (Å²) in [5.41, 5.74) is 5.31. The fraction of sp³-hybridized carbons (Fsp3) is 0.875. The highest BCUT2D eigenvalue weighted by atomic mass is 35.5. The highest BCUT2D eigenvalue weighted by Crippen LogP contribution is 2.27. The number of fused-ring (bicyclic) bond motifs is 3. The van der Waals surface area contributed by atoms with Gasteiger partial charge in [0, 0.05) is 12.6 Å². The molecule has 3 rings (SSSR count). The molecule has 13 heavy (non-hydrogen) atoms. The van der Waals surface area contributed by atoms with Gasteiger partial charge in [0.15, 0.2) is 5.96 Å². The second kappa shape index (κ2) is 4.15. The van der Waals surface area contributed by atoms with Gasteiger partial charge in [-0.1, -0.05) is 0 Å². The minimum Gasteiger partial charge on any atom is -0.370 e. The number of halogens is 1. The molecule has 4 nitrogen and oxygen atoms in total. The Labute approximate surface area is 84.8 Å². The first kappa shape index (κ1) is 10.6. The maximum absolute atomic E-state index is 7.16. The van der Waals surface area contributed by atoms with Crippen molar-refractivity contribution in [3.63, 3.8) is 0 Å². The number of nitrogens with two attached hydrogens (primary N) is 1. The van der Waals surface area contributed by atoms with Gasteiger partial charge >= 0.3 is 0 Å². The lowest BCUT2D eigenvalue weighted by Gasteiger charge is -2.44. The molecule has 0 saturated carbocycles. The van der Waals surface area contributed by atoms with Crippen LogP contribution in [0.3, 0.4) is 0 Å². The molecule has 0 aromatic heterocycles. The quantitative estimate of drug-likeness (QED) is 0.416. The summed E-state index contributed by atoms with van der Waals surface area (Å²) < 4.78 is 0. The van der Waals surface area contributed by atoms with Crippen LogP contribution in [0.25, 0.3) is 0 Å². The van der Waals surface area contributed by atoms with Crippen molar-refractivity contribution in [2.45, 2.75) is 18.9 Å². The molecule has 0 spiro atoms. The number of nitrogens with zero attached hydrogens (tertiary/aromatic N) is 1. The molecule has 0 aliphatic carbocycles. The van der Waals surface area contributed by atoms with Gasteiger partial charge in [-0.05, 0) is 31.8 Å². The topological polar surface area (TPSA) is 65.1 Å². The normalized spacial score (nSPS) is 36.5. The summed E-state index contributed by atoms with van der Waals surface area (Å²) in [5, 5.41) is 10.2. The van der Waals surface area contributed by atoms with E-state index >= 15 is 0 Å². The molecular weight excluding hydrogens is 188 g/mol. The molecule has 3 fully saturated rings. The van der Waals surface area contributed by atoms with Crippen LogP contribution >= 0.6 is 12.4 Å². The smallest absolute Gasteiger partial charge is 0.185 e. The van der Waals surface area contributed by atoms with Gasteiger partial charge in [-0.15, -0.1) is 12.4 Å². The Balaban J connectivity index is 0.000000845. The van der Waals surface area contributed by atoms with Gasteiger partial charge in [0.2, 0.25) is 0 Å². The molecule has 76 valence electrons. The summed E-state index contributed by atoms with van der Waals surface area (Å²) in [7, 11) is 0. The van der Waals surface area contributed by atoms with Crippen molar-refractivity contribution in [3.05, 3.63) is 0 Å². The van der Waals surface area contributed by atoms with E-state index in [0.717, 1.165) is 12.5 Å². The van der Waals surface area contributed by atoms with Gasteiger partial charge < -0.3 is 16.0 Å². The van der Waals surface area contributed by atoms with E-state index in [1.54, 1.807) is 0 Å². The number of guanidine groups is 1. The SMILES string of the molecule is Cl.N=C(N)NC1CN2CCC1CC2. The van der Waals surface area contributed by atoms with Crippen LogP contribution < -0.4 is 11.1 Å². The van der Waals surface area contributed by atoms with E-state index in [-0.39, 0.29) is 18.4 Å². The zero-order valence-electron chi connectivity index (χ0n) is 7.62. The molecule has 3 saturated heterocycles. The van der Waals surface area contributed by atoms with Crippen LogP contribution in [-0.4, -0.2) is 36.5 Å². The van der Waals surface area contributed by atoms with Gasteiger partial charge in [0.05, 0.1) is 0 Å². The van der Waals surface area contributed by atoms with Crippen LogP contribution in [0.1, 0.15) is 12.8 Å². The molecular formula is C8H17ClN4. The molecule has 0 radical (unpaired) electrons. The molecule has 0 amide bonds. The van der Waals surface area contributed by atoms with Crippen LogP contribution in [0.5, 0.6) is 0 Å². The van der Waals surface area contributed by atoms with Crippen LogP contribution in [0, 0.1) is 11.3 Å². The first-order valence-electron chi connectivity index (χ1n) is 4.58. The summed E-state index contributed by atoms with van der Waals surface area (Å²) >= 11 is 0. The summed E-state index contributed by atoms with van der Waals surface area (Å²) in [6, 6.07) is 0.435. The molecule has 3 heterocycles. The standard InChI is InChI=1S/C8H16N4.ClH/c9-8(10)11-7-5-12-3-1-6(7)2-4-12;/h6-7H,1-5H2,(H4,9,10,11);1H. The van der Waals surface area contributed by atoms with Crippen molar-refractivity contribution in [2.24, 2.45) is 11.7 Å². The van der Waals surface area contributed by atoms with E-state index < -0.39 is 0 Å². The first-order chi connectivity index (χ1) is 5.75. The Morgan fingerprint density at radius 1 is 1.38 bits per heavy atom. The van der Waals surface area contributed by atoms with Gasteiger partial charge in [-0.25, -0.2) is 0 Å². The van der Waals surface area contributed by atoms with Crippen molar-refractivity contribution in [1.29, 1.82) is 5.41 Å². The fourth-order valence-corrected chi connectivity index (χ4v) is 2.33. The Hall–Kier alpha value is -0.480. The first-order valence-corrected chi connectivity index (χ1v) is 4.58. The van der Waals surface area contributed by atoms with Crippen molar-refractivity contribution in [3.8, 4) is 0 Å². The number of nitrogens with one attached hydrogen (secondary N) is 2. The number of hydrogen-bond acceptors (Lipinski definition) is 2. The molecule has 3 aliphatic rings. The molecule has 5 heteroatoms. The molecule has 2 bridgehead atoms. The third-order valence-corrected chi connectivity index (χ3v) is 3.00. The van der Waals surface area contributed by atoms with E-state index in [1.165, 1.54) is 25.9 Å². The summed E-state index contributed by atoms with van der Waals surface area (Å²) in [6.45, 7) is 3.55. The Bertz CT molecular complexity index is 189. The van der Waals surface area contributed by atoms with Crippen LogP contribution in [0.4, 0.5) is 0 Å². The summed E-state index contributed by atoms with van der Waals surface area (Å²) in [4.78, 5) is 2.45. The number of hydrogen-bond donors (Lipinski definition) is 3. The van der Waals surface area contributed by atoms with Crippen LogP contribution in [0.2, 0.25) is 0 Å². The summed E-state index contributed by atoms with van der Waals surface area (Å²) in [6.07, 6.45) is 2.54. The molecule has 1 atom stereocenters. The molecule has 1 unspecified atom stereocenters. The van der Waals surface area contributed by atoms with Gasteiger partial charge in [-0.2, -0.15) is 0 Å². The number of rotatable bonds is 1. The zero-order valence-corrected chi connectivity index (χ0v) is 8.44. The number of piperidine rings is 3. The minimum absolute atomic E-state index is 0. The summed E-state index contributed by atoms with van der Waals surface area (Å²) in [5.74, 6) is 0.868. The lowest BCUT2D eigenvalue weighted by molar-refractivity contribution is 0.0810. The monoisotopic (exact) mass is 204 g/mol. The predicted octanol–water partition coefficient (Wildman–Crippen LogP) is -0.0145. The molecule has 4 N–H and O–H groups in total. The largest absolute Gasteiger partial charge is 0.370 e. The maximum Gasteiger partial charge on any atom is 0.185 e. The van der Waals surface area contributed by atoms with E-state index in [1.807, 2.05) is 0 Å². The van der Waals surface area contributed by atoms with E-state index in [2.05, 4.69) is 10.2 Å². The molecule has 0 aromatic carbocycles. The average Bonchev–Trinajstić information content (AvgIpc) is 2.05. The second-order valence-corrected chi connectivity index (χ2v) is 3.80. The molecule has 3 aliphatic heterocycles. The second-order valence-electron chi connectivity index (χ2n) is 3.80. The minimum atomic E-state index is 0. The third-order valence-electron chi connectivity index (χ3n) is 3.00. The lowest BCUT2D eigenvalue weighted by atomic mass is 9.84. The third kappa shape index (κ3) is 2.25. The predicted molar refractivity (Wildman–Crippen MR) is 55.2 cm³/mol. The Morgan fingerprint density at radius 2 is 2.00 bits per heavy atom. The Morgan fingerprint density at radius 3 is 2.38 bits per heavy atom. The maximum atomic E-state index is 7.16. The van der Waals surface area contributed by atoms with Crippen molar-refractivity contribution in [1.82, 2.24) is 10.2 Å². The van der Waals surface area contributed by atoms with Gasteiger partial charge in [0.1, 0.15) is 0 Å². The van der Waals surface area contributed by atoms with Gasteiger partial charge in [-0.3, -0.25) is 5.41 Å². The van der Waals surface area contributed by atoms with Crippen LogP contribution in [0.15, 0.2) is 0 Å². The highest BCUT2D eigenvalue weighted by molar-refractivity contribution is 5.85. The van der Waals surface area contributed by atoms with Crippen LogP contribution in [-0.2, 0) is 0 Å². The molecule has 0 aromatic rings. The van der Waals surface area contributed by atoms with Crippen molar-refractivity contribution in [2.75, 3.05) is 19.6 Å². The lowest BCUT2D eigenvalue weighted by Crippen LogP contribution is -2.58. The van der Waals surface area contributed by atoms with Crippen molar-refractivity contribution >= 4 is 18.4 Å². The van der Waals surface area contributed by atoms with E-state index in [9.17, 15) is 0 Å². The van der Waals surface area contributed by atoms with E-state index in [0.29, 0.717) is 6.04 Å². The van der Waals surface area contributed by atoms with Crippen molar-refractivity contribution < 1.29 is 0 Å². The van der Waals surface area contributed by atoms with E-state index in [4.69, 9.17) is 11.1 Å². The zero-order chi connectivity index (χ0) is 8.55. The fourth-order valence-electron chi connectivity index (χ4n) is 2.33.